The van der Waals surface area contributed by atoms with Crippen molar-refractivity contribution in [3.63, 3.8) is 0 Å². The summed E-state index contributed by atoms with van der Waals surface area (Å²) >= 11 is 0. The number of amides is 1. The molecule has 0 aliphatic rings. The summed E-state index contributed by atoms with van der Waals surface area (Å²) in [6.45, 7) is 18.7. The molecule has 0 bridgehead atoms. The molecule has 1 N–H and O–H groups in total. The normalized spacial score (nSPS) is 13.5. The molecule has 136 valence electrons. The van der Waals surface area contributed by atoms with Gasteiger partial charge in [0.25, 0.3) is 8.53 Å². The second-order valence-electron chi connectivity index (χ2n) is 6.65. The largest absolute Gasteiger partial charge is 0.444 e. The average molecular weight is 348 g/mol. The molecular weight excluding hydrogens is 315 g/mol. The molecule has 0 aromatic heterocycles. The lowest BCUT2D eigenvalue weighted by Gasteiger charge is -2.35. The molecule has 1 atom stereocenters. The molecule has 0 saturated carbocycles. The fourth-order valence-corrected chi connectivity index (χ4v) is 3.43. The van der Waals surface area contributed by atoms with Crippen molar-refractivity contribution in [3.05, 3.63) is 12.7 Å². The van der Waals surface area contributed by atoms with Crippen molar-refractivity contribution in [2.75, 3.05) is 19.8 Å². The zero-order valence-corrected chi connectivity index (χ0v) is 16.5. The molecule has 0 saturated heterocycles. The Morgan fingerprint density at radius 2 is 1.78 bits per heavy atom. The molecule has 0 aromatic carbocycles. The molecule has 1 unspecified atom stereocenters. The van der Waals surface area contributed by atoms with Gasteiger partial charge in [-0.15, -0.1) is 6.58 Å². The molecule has 1 amide bonds. The van der Waals surface area contributed by atoms with Crippen LogP contribution < -0.4 is 5.32 Å². The van der Waals surface area contributed by atoms with Crippen molar-refractivity contribution in [2.45, 2.75) is 66.2 Å². The highest BCUT2D eigenvalue weighted by atomic mass is 31.2. The first-order chi connectivity index (χ1) is 10.6. The van der Waals surface area contributed by atoms with Gasteiger partial charge in [0, 0.05) is 18.6 Å². The molecule has 0 aromatic rings. The van der Waals surface area contributed by atoms with E-state index in [-0.39, 0.29) is 0 Å². The Bertz CT molecular complexity index is 348. The van der Waals surface area contributed by atoms with E-state index in [0.29, 0.717) is 31.8 Å². The van der Waals surface area contributed by atoms with E-state index in [2.05, 4.69) is 44.3 Å². The van der Waals surface area contributed by atoms with Crippen molar-refractivity contribution in [1.82, 2.24) is 9.99 Å². The summed E-state index contributed by atoms with van der Waals surface area (Å²) in [6.07, 6.45) is 1.26. The molecule has 0 rings (SSSR count). The van der Waals surface area contributed by atoms with Crippen LogP contribution in [-0.2, 0) is 13.8 Å². The highest BCUT2D eigenvalue weighted by Gasteiger charge is 2.26. The molecule has 0 aliphatic carbocycles. The average Bonchev–Trinajstić information content (AvgIpc) is 2.37. The lowest BCUT2D eigenvalue weighted by molar-refractivity contribution is 0.0517. The Kier molecular flexibility index (Phi) is 10.7. The Morgan fingerprint density at radius 3 is 2.22 bits per heavy atom. The Hall–Kier alpha value is -0.680. The predicted octanol–water partition coefficient (Wildman–Crippen LogP) is 4.08. The van der Waals surface area contributed by atoms with Gasteiger partial charge in [0.1, 0.15) is 5.60 Å². The minimum absolute atomic E-state index is 0.296. The molecule has 0 fully saturated rings. The van der Waals surface area contributed by atoms with Crippen LogP contribution >= 0.6 is 8.53 Å². The van der Waals surface area contributed by atoms with Crippen LogP contribution in [0.2, 0.25) is 0 Å². The highest BCUT2D eigenvalue weighted by Crippen LogP contribution is 2.45. The predicted molar refractivity (Wildman–Crippen MR) is 95.4 cm³/mol. The van der Waals surface area contributed by atoms with E-state index in [1.54, 1.807) is 6.08 Å². The summed E-state index contributed by atoms with van der Waals surface area (Å²) in [4.78, 5) is 11.6. The van der Waals surface area contributed by atoms with Crippen molar-refractivity contribution in [3.8, 4) is 0 Å². The molecule has 7 heteroatoms. The molecule has 6 nitrogen and oxygen atoms in total. The van der Waals surface area contributed by atoms with Crippen LogP contribution in [0.15, 0.2) is 12.7 Å². The minimum Gasteiger partial charge on any atom is -0.444 e. The van der Waals surface area contributed by atoms with E-state index in [4.69, 9.17) is 13.8 Å². The number of nitrogens with one attached hydrogen (secondary N) is 1. The highest BCUT2D eigenvalue weighted by molar-refractivity contribution is 7.44. The zero-order valence-electron chi connectivity index (χ0n) is 15.6. The fraction of sp³-hybridized carbons (Fsp3) is 0.812. The van der Waals surface area contributed by atoms with Crippen LogP contribution in [0.1, 0.15) is 48.5 Å². The second-order valence-corrected chi connectivity index (χ2v) is 8.11. The van der Waals surface area contributed by atoms with Gasteiger partial charge in [-0.3, -0.25) is 0 Å². The Morgan fingerprint density at radius 1 is 1.22 bits per heavy atom. The van der Waals surface area contributed by atoms with E-state index in [1.807, 2.05) is 20.8 Å². The number of alkyl carbamates (subject to hydrolysis) is 1. The van der Waals surface area contributed by atoms with Gasteiger partial charge in [0.2, 0.25) is 0 Å². The van der Waals surface area contributed by atoms with Crippen LogP contribution in [0.4, 0.5) is 4.79 Å². The van der Waals surface area contributed by atoms with Gasteiger partial charge in [-0.25, -0.2) is 9.46 Å². The third kappa shape index (κ3) is 10.7. The summed E-state index contributed by atoms with van der Waals surface area (Å²) in [5, 5.41) is 2.68. The van der Waals surface area contributed by atoms with Crippen molar-refractivity contribution < 1.29 is 18.6 Å². The maximum absolute atomic E-state index is 11.6. The fourth-order valence-electron chi connectivity index (χ4n) is 1.85. The SMILES string of the molecule is C=CCOP(OCCNC(=O)OC(C)(C)C)N(C(C)C)C(C)C. The number of hydrogen-bond acceptors (Lipinski definition) is 5. The Balaban J connectivity index is 4.40. The van der Waals surface area contributed by atoms with Gasteiger partial charge in [-0.05, 0) is 48.5 Å². The van der Waals surface area contributed by atoms with Gasteiger partial charge in [0.15, 0.2) is 0 Å². The number of rotatable bonds is 10. The summed E-state index contributed by atoms with van der Waals surface area (Å²) in [6, 6.07) is 0.592. The number of hydrogen-bond donors (Lipinski definition) is 1. The van der Waals surface area contributed by atoms with Crippen molar-refractivity contribution in [1.29, 1.82) is 0 Å². The van der Waals surface area contributed by atoms with Gasteiger partial charge < -0.3 is 19.1 Å². The quantitative estimate of drug-likeness (QED) is 0.366. The summed E-state index contributed by atoms with van der Waals surface area (Å²) in [5.41, 5.74) is -0.503. The zero-order chi connectivity index (χ0) is 18.0. The van der Waals surface area contributed by atoms with E-state index in [9.17, 15) is 4.79 Å². The number of ether oxygens (including phenoxy) is 1. The summed E-state index contributed by atoms with van der Waals surface area (Å²) in [5.74, 6) is 0. The Labute approximate surface area is 142 Å². The number of nitrogens with zero attached hydrogens (tertiary/aromatic N) is 1. The lowest BCUT2D eigenvalue weighted by atomic mass is 10.2. The van der Waals surface area contributed by atoms with Gasteiger partial charge in [-0.1, -0.05) is 6.08 Å². The number of carbonyl (C=O) groups excluding carboxylic acids is 1. The van der Waals surface area contributed by atoms with E-state index >= 15 is 0 Å². The lowest BCUT2D eigenvalue weighted by Crippen LogP contribution is -2.36. The number of carbonyl (C=O) groups is 1. The van der Waals surface area contributed by atoms with Crippen molar-refractivity contribution in [2.24, 2.45) is 0 Å². The third-order valence-electron chi connectivity index (χ3n) is 2.52. The maximum Gasteiger partial charge on any atom is 0.407 e. The monoisotopic (exact) mass is 348 g/mol. The molecule has 0 aliphatic heterocycles. The molecular formula is C16H33N2O4P. The van der Waals surface area contributed by atoms with Crippen LogP contribution in [0.3, 0.4) is 0 Å². The van der Waals surface area contributed by atoms with Crippen LogP contribution in [-0.4, -0.2) is 48.2 Å². The van der Waals surface area contributed by atoms with Gasteiger partial charge in [-0.2, -0.15) is 0 Å². The third-order valence-corrected chi connectivity index (χ3v) is 4.60. The topological polar surface area (TPSA) is 60.0 Å². The van der Waals surface area contributed by atoms with E-state index < -0.39 is 20.2 Å². The van der Waals surface area contributed by atoms with Crippen LogP contribution in [0.5, 0.6) is 0 Å². The first-order valence-electron chi connectivity index (χ1n) is 8.00. The summed E-state index contributed by atoms with van der Waals surface area (Å²) in [7, 11) is -1.20. The molecule has 23 heavy (non-hydrogen) atoms. The first-order valence-corrected chi connectivity index (χ1v) is 9.13. The van der Waals surface area contributed by atoms with Crippen molar-refractivity contribution >= 4 is 14.6 Å². The van der Waals surface area contributed by atoms with Crippen LogP contribution in [0.25, 0.3) is 0 Å². The standard InChI is InChI=1S/C16H33N2O4P/c1-9-11-20-23(18(13(2)3)14(4)5)21-12-10-17-15(19)22-16(6,7)8/h9,13-14H,1,10-12H2,2-8H3,(H,17,19). The molecule has 0 heterocycles. The van der Waals surface area contributed by atoms with Gasteiger partial charge in [0.05, 0.1) is 13.2 Å². The summed E-state index contributed by atoms with van der Waals surface area (Å²) < 4.78 is 19.0. The van der Waals surface area contributed by atoms with E-state index in [1.165, 1.54) is 0 Å². The molecule has 0 radical (unpaired) electrons. The first kappa shape index (κ1) is 22.3. The molecule has 0 spiro atoms. The smallest absolute Gasteiger partial charge is 0.407 e. The minimum atomic E-state index is -1.20. The van der Waals surface area contributed by atoms with Crippen LogP contribution in [0, 0.1) is 0 Å². The van der Waals surface area contributed by atoms with E-state index in [0.717, 1.165) is 0 Å². The van der Waals surface area contributed by atoms with Gasteiger partial charge >= 0.3 is 6.09 Å². The second kappa shape index (κ2) is 11.0. The maximum atomic E-state index is 11.6.